The first-order valence-corrected chi connectivity index (χ1v) is 10.9. The van der Waals surface area contributed by atoms with Gasteiger partial charge in [0.25, 0.3) is 5.56 Å². The topological polar surface area (TPSA) is 58.2 Å². The second-order valence-corrected chi connectivity index (χ2v) is 9.42. The molecule has 0 radical (unpaired) electrons. The number of hydrogen-bond acceptors (Lipinski definition) is 3. The van der Waals surface area contributed by atoms with Crippen molar-refractivity contribution in [2.45, 2.75) is 32.4 Å². The van der Waals surface area contributed by atoms with Crippen molar-refractivity contribution >= 4 is 10.9 Å². The average molecular weight is 448 g/mol. The van der Waals surface area contributed by atoms with Gasteiger partial charge in [0.15, 0.2) is 0 Å². The van der Waals surface area contributed by atoms with Crippen molar-refractivity contribution in [2.24, 2.45) is 14.1 Å². The van der Waals surface area contributed by atoms with Crippen molar-refractivity contribution < 1.29 is 9.13 Å². The van der Waals surface area contributed by atoms with E-state index in [9.17, 15) is 14.0 Å². The second kappa shape index (κ2) is 7.28. The minimum atomic E-state index is -0.558. The Labute approximate surface area is 190 Å². The number of aromatic nitrogens is 3. The van der Waals surface area contributed by atoms with Crippen LogP contribution in [-0.2, 0) is 24.4 Å². The van der Waals surface area contributed by atoms with Crippen LogP contribution >= 0.6 is 0 Å². The minimum Gasteiger partial charge on any atom is -0.365 e. The summed E-state index contributed by atoms with van der Waals surface area (Å²) in [7, 11) is 3.17. The number of benzene rings is 2. The van der Waals surface area contributed by atoms with Crippen LogP contribution in [0.3, 0.4) is 0 Å². The van der Waals surface area contributed by atoms with Gasteiger partial charge in [0.05, 0.1) is 34.4 Å². The standard InChI is InChI=1S/C26H26FN3O3/c1-15-7-6-8-17(13-15)20-19-21(28(4)25(32)29(5)24(19)31)22-23(16-9-11-18(27)12-10-16)33-14-26(2,3)30(20)22/h6-13,23H,14H2,1-5H3/t23-/m0/s1. The Bertz CT molecular complexity index is 1520. The predicted octanol–water partition coefficient (Wildman–Crippen LogP) is 4.01. The molecule has 0 bridgehead atoms. The Morgan fingerprint density at radius 2 is 1.73 bits per heavy atom. The normalized spacial score (nSPS) is 17.3. The van der Waals surface area contributed by atoms with Gasteiger partial charge < -0.3 is 9.30 Å². The molecule has 33 heavy (non-hydrogen) atoms. The number of rotatable bonds is 2. The lowest BCUT2D eigenvalue weighted by molar-refractivity contribution is -0.00709. The minimum absolute atomic E-state index is 0.336. The zero-order valence-electron chi connectivity index (χ0n) is 19.3. The van der Waals surface area contributed by atoms with Crippen molar-refractivity contribution in [3.63, 3.8) is 0 Å². The van der Waals surface area contributed by atoms with Gasteiger partial charge >= 0.3 is 5.69 Å². The molecular formula is C26H26FN3O3. The van der Waals surface area contributed by atoms with Gasteiger partial charge in [-0.15, -0.1) is 0 Å². The van der Waals surface area contributed by atoms with Gasteiger partial charge in [0, 0.05) is 14.1 Å². The van der Waals surface area contributed by atoms with Crippen molar-refractivity contribution in [1.29, 1.82) is 0 Å². The van der Waals surface area contributed by atoms with E-state index >= 15 is 0 Å². The third-order valence-corrected chi connectivity index (χ3v) is 6.53. The molecule has 0 spiro atoms. The van der Waals surface area contributed by atoms with E-state index in [1.54, 1.807) is 19.2 Å². The quantitative estimate of drug-likeness (QED) is 0.467. The molecule has 1 aliphatic rings. The summed E-state index contributed by atoms with van der Waals surface area (Å²) in [5, 5.41) is 0.478. The van der Waals surface area contributed by atoms with Crippen LogP contribution in [0.25, 0.3) is 22.2 Å². The summed E-state index contributed by atoms with van der Waals surface area (Å²) in [5.41, 5.74) is 3.51. The van der Waals surface area contributed by atoms with E-state index in [4.69, 9.17) is 4.74 Å². The molecule has 2 aromatic carbocycles. The predicted molar refractivity (Wildman–Crippen MR) is 126 cm³/mol. The summed E-state index contributed by atoms with van der Waals surface area (Å²) >= 11 is 0. The maximum absolute atomic E-state index is 13.7. The molecular weight excluding hydrogens is 421 g/mol. The highest BCUT2D eigenvalue weighted by atomic mass is 19.1. The van der Waals surface area contributed by atoms with Crippen LogP contribution in [0.15, 0.2) is 58.1 Å². The van der Waals surface area contributed by atoms with E-state index in [0.717, 1.165) is 32.6 Å². The van der Waals surface area contributed by atoms with Gasteiger partial charge in [-0.05, 0) is 50.1 Å². The molecule has 6 nitrogen and oxygen atoms in total. The molecule has 0 N–H and O–H groups in total. The molecule has 1 atom stereocenters. The van der Waals surface area contributed by atoms with Crippen LogP contribution in [0, 0.1) is 12.7 Å². The molecule has 0 saturated carbocycles. The smallest absolute Gasteiger partial charge is 0.331 e. The van der Waals surface area contributed by atoms with Crippen LogP contribution in [0.4, 0.5) is 4.39 Å². The number of aryl methyl sites for hydroxylation is 2. The fourth-order valence-electron chi connectivity index (χ4n) is 4.95. The van der Waals surface area contributed by atoms with Crippen LogP contribution in [0.2, 0.25) is 0 Å². The Balaban J connectivity index is 2.01. The second-order valence-electron chi connectivity index (χ2n) is 9.42. The van der Waals surface area contributed by atoms with Crippen molar-refractivity contribution in [1.82, 2.24) is 13.7 Å². The molecule has 0 unspecified atom stereocenters. The van der Waals surface area contributed by atoms with E-state index < -0.39 is 17.3 Å². The van der Waals surface area contributed by atoms with Gasteiger partial charge in [-0.3, -0.25) is 13.9 Å². The number of ether oxygens (including phenoxy) is 1. The number of halogens is 1. The van der Waals surface area contributed by atoms with Crippen molar-refractivity contribution in [3.8, 4) is 11.3 Å². The van der Waals surface area contributed by atoms with Gasteiger partial charge in [-0.2, -0.15) is 0 Å². The highest BCUT2D eigenvalue weighted by Gasteiger charge is 2.40. The third kappa shape index (κ3) is 3.10. The monoisotopic (exact) mass is 447 g/mol. The Morgan fingerprint density at radius 3 is 2.39 bits per heavy atom. The summed E-state index contributed by atoms with van der Waals surface area (Å²) in [6, 6.07) is 14.2. The molecule has 1 aliphatic heterocycles. The van der Waals surface area contributed by atoms with Gasteiger partial charge in [-0.1, -0.05) is 35.9 Å². The summed E-state index contributed by atoms with van der Waals surface area (Å²) in [6.45, 7) is 6.50. The SMILES string of the molecule is Cc1cccc(-c2c3c(=O)n(C)c(=O)n(C)c3c3n2C(C)(C)CO[C@H]3c2ccc(F)cc2)c1. The lowest BCUT2D eigenvalue weighted by atomic mass is 9.98. The zero-order valence-corrected chi connectivity index (χ0v) is 19.3. The van der Waals surface area contributed by atoms with E-state index in [2.05, 4.69) is 18.4 Å². The molecule has 170 valence electrons. The molecule has 0 fully saturated rings. The van der Waals surface area contributed by atoms with E-state index in [1.165, 1.54) is 23.7 Å². The zero-order chi connectivity index (χ0) is 23.7. The molecule has 0 aliphatic carbocycles. The fraction of sp³-hybridized carbons (Fsp3) is 0.308. The maximum Gasteiger partial charge on any atom is 0.331 e. The van der Waals surface area contributed by atoms with Crippen molar-refractivity contribution in [2.75, 3.05) is 6.61 Å². The number of hydrogen-bond donors (Lipinski definition) is 0. The Morgan fingerprint density at radius 1 is 1.03 bits per heavy atom. The maximum atomic E-state index is 13.7. The molecule has 0 saturated heterocycles. The molecule has 7 heteroatoms. The first-order valence-electron chi connectivity index (χ1n) is 10.9. The van der Waals surface area contributed by atoms with Crippen LogP contribution in [0.5, 0.6) is 0 Å². The number of nitrogens with zero attached hydrogens (tertiary/aromatic N) is 3. The highest BCUT2D eigenvalue weighted by molar-refractivity contribution is 5.97. The van der Waals surface area contributed by atoms with Crippen LogP contribution in [0.1, 0.15) is 36.8 Å². The largest absolute Gasteiger partial charge is 0.365 e. The average Bonchev–Trinajstić information content (AvgIpc) is 3.15. The van der Waals surface area contributed by atoms with E-state index in [-0.39, 0.29) is 11.4 Å². The fourth-order valence-corrected chi connectivity index (χ4v) is 4.95. The summed E-state index contributed by atoms with van der Waals surface area (Å²) < 4.78 is 24.8. The van der Waals surface area contributed by atoms with Crippen LogP contribution in [-0.4, -0.2) is 20.3 Å². The summed E-state index contributed by atoms with van der Waals surface area (Å²) in [4.78, 5) is 26.5. The molecule has 4 aromatic rings. The third-order valence-electron chi connectivity index (χ3n) is 6.53. The lowest BCUT2D eigenvalue weighted by Gasteiger charge is -2.39. The highest BCUT2D eigenvalue weighted by Crippen LogP contribution is 2.45. The molecule has 0 amide bonds. The molecule has 5 rings (SSSR count). The van der Waals surface area contributed by atoms with Gasteiger partial charge in [0.2, 0.25) is 0 Å². The van der Waals surface area contributed by atoms with Gasteiger partial charge in [0.1, 0.15) is 11.9 Å². The van der Waals surface area contributed by atoms with Crippen LogP contribution < -0.4 is 11.2 Å². The summed E-state index contributed by atoms with van der Waals surface area (Å²) in [6.07, 6.45) is -0.558. The molecule has 3 heterocycles. The van der Waals surface area contributed by atoms with E-state index in [0.29, 0.717) is 17.5 Å². The summed E-state index contributed by atoms with van der Waals surface area (Å²) in [5.74, 6) is -0.336. The van der Waals surface area contributed by atoms with Gasteiger partial charge in [-0.25, -0.2) is 9.18 Å². The number of fused-ring (bicyclic) bond motifs is 3. The first kappa shape index (κ1) is 21.4. The lowest BCUT2D eigenvalue weighted by Crippen LogP contribution is -2.40. The Kier molecular flexibility index (Phi) is 4.72. The van der Waals surface area contributed by atoms with Crippen molar-refractivity contribution in [3.05, 3.63) is 92.0 Å². The molecule has 2 aromatic heterocycles. The Hall–Kier alpha value is -3.45. The van der Waals surface area contributed by atoms with E-state index in [1.807, 2.05) is 31.2 Å². The first-order chi connectivity index (χ1) is 15.6.